The van der Waals surface area contributed by atoms with Crippen molar-refractivity contribution in [1.29, 1.82) is 0 Å². The molecule has 1 aromatic carbocycles. The Kier molecular flexibility index (Phi) is 6.12. The number of hydrogen-bond acceptors (Lipinski definition) is 6. The Labute approximate surface area is 134 Å². The van der Waals surface area contributed by atoms with Gasteiger partial charge in [-0.15, -0.1) is 12.4 Å². The number of nitrogens with two attached hydrogens (primary N) is 1. The molecule has 0 bridgehead atoms. The second-order valence-electron chi connectivity index (χ2n) is 4.85. The lowest BCUT2D eigenvalue weighted by molar-refractivity contribution is -0.385. The SMILES string of the molecule is COc1ccc([N+](=O)[O-])cc1S(=O)(=O)N1CCC(CN)C1.Cl. The number of nitro groups is 1. The third-order valence-corrected chi connectivity index (χ3v) is 5.44. The molecular formula is C12H18ClN3O5S. The van der Waals surface area contributed by atoms with E-state index in [4.69, 9.17) is 10.5 Å². The molecule has 0 radical (unpaired) electrons. The molecule has 22 heavy (non-hydrogen) atoms. The predicted octanol–water partition coefficient (Wildman–Crippen LogP) is 0.994. The Balaban J connectivity index is 0.00000242. The zero-order valence-electron chi connectivity index (χ0n) is 12.0. The second-order valence-corrected chi connectivity index (χ2v) is 6.75. The van der Waals surface area contributed by atoms with Gasteiger partial charge in [0.15, 0.2) is 0 Å². The zero-order chi connectivity index (χ0) is 15.6. The molecule has 8 nitrogen and oxygen atoms in total. The molecular weight excluding hydrogens is 334 g/mol. The number of benzene rings is 1. The summed E-state index contributed by atoms with van der Waals surface area (Å²) in [6.45, 7) is 1.10. The first-order valence-electron chi connectivity index (χ1n) is 6.42. The lowest BCUT2D eigenvalue weighted by Gasteiger charge is -2.18. The van der Waals surface area contributed by atoms with E-state index in [9.17, 15) is 18.5 Å². The number of ether oxygens (including phenoxy) is 1. The highest BCUT2D eigenvalue weighted by atomic mass is 35.5. The summed E-state index contributed by atoms with van der Waals surface area (Å²) in [5.41, 5.74) is 5.27. The van der Waals surface area contributed by atoms with Gasteiger partial charge in [-0.05, 0) is 24.9 Å². The van der Waals surface area contributed by atoms with Crippen LogP contribution in [0.4, 0.5) is 5.69 Å². The normalized spacial score (nSPS) is 18.7. The average molecular weight is 352 g/mol. The van der Waals surface area contributed by atoms with Gasteiger partial charge in [-0.1, -0.05) is 0 Å². The fourth-order valence-corrected chi connectivity index (χ4v) is 4.03. The van der Waals surface area contributed by atoms with E-state index in [1.807, 2.05) is 0 Å². The van der Waals surface area contributed by atoms with Crippen LogP contribution in [0.15, 0.2) is 23.1 Å². The number of rotatable bonds is 5. The maximum atomic E-state index is 12.6. The zero-order valence-corrected chi connectivity index (χ0v) is 13.6. The van der Waals surface area contributed by atoms with Crippen LogP contribution in [0.5, 0.6) is 5.75 Å². The first-order chi connectivity index (χ1) is 9.90. The molecule has 1 saturated heterocycles. The summed E-state index contributed by atoms with van der Waals surface area (Å²) in [5.74, 6) is 0.210. The molecule has 0 aliphatic carbocycles. The summed E-state index contributed by atoms with van der Waals surface area (Å²) >= 11 is 0. The quantitative estimate of drug-likeness (QED) is 0.624. The summed E-state index contributed by atoms with van der Waals surface area (Å²) in [7, 11) is -2.51. The molecule has 2 rings (SSSR count). The lowest BCUT2D eigenvalue weighted by Crippen LogP contribution is -2.30. The second kappa shape index (κ2) is 7.23. The number of hydrogen-bond donors (Lipinski definition) is 1. The van der Waals surface area contributed by atoms with Crippen molar-refractivity contribution >= 4 is 28.1 Å². The van der Waals surface area contributed by atoms with Gasteiger partial charge in [-0.3, -0.25) is 10.1 Å². The number of nitrogens with zero attached hydrogens (tertiary/aromatic N) is 2. The molecule has 124 valence electrons. The number of methoxy groups -OCH3 is 1. The molecule has 0 amide bonds. The van der Waals surface area contributed by atoms with Gasteiger partial charge in [0.05, 0.1) is 12.0 Å². The van der Waals surface area contributed by atoms with E-state index in [-0.39, 0.29) is 34.7 Å². The topological polar surface area (TPSA) is 116 Å². The Morgan fingerprint density at radius 1 is 1.50 bits per heavy atom. The Hall–Kier alpha value is -1.42. The van der Waals surface area contributed by atoms with Crippen LogP contribution in [-0.2, 0) is 10.0 Å². The van der Waals surface area contributed by atoms with Gasteiger partial charge in [0.25, 0.3) is 5.69 Å². The standard InChI is InChI=1S/C12H17N3O5S.ClH/c1-20-11-3-2-10(15(16)17)6-12(11)21(18,19)14-5-4-9(7-13)8-14;/h2-3,6,9H,4-5,7-8,13H2,1H3;1H. The third-order valence-electron chi connectivity index (χ3n) is 3.56. The van der Waals surface area contributed by atoms with Crippen LogP contribution in [0.1, 0.15) is 6.42 Å². The number of sulfonamides is 1. The predicted molar refractivity (Wildman–Crippen MR) is 82.8 cm³/mol. The van der Waals surface area contributed by atoms with Gasteiger partial charge in [0.2, 0.25) is 10.0 Å². The van der Waals surface area contributed by atoms with Crippen LogP contribution in [0, 0.1) is 16.0 Å². The molecule has 10 heteroatoms. The molecule has 1 atom stereocenters. The smallest absolute Gasteiger partial charge is 0.271 e. The Bertz CT molecular complexity index is 652. The van der Waals surface area contributed by atoms with E-state index in [1.54, 1.807) is 0 Å². The van der Waals surface area contributed by atoms with Gasteiger partial charge in [-0.25, -0.2) is 8.42 Å². The molecule has 1 aliphatic heterocycles. The summed E-state index contributed by atoms with van der Waals surface area (Å²) < 4.78 is 31.6. The van der Waals surface area contributed by atoms with E-state index < -0.39 is 14.9 Å². The van der Waals surface area contributed by atoms with E-state index in [2.05, 4.69) is 0 Å². The van der Waals surface area contributed by atoms with E-state index in [0.29, 0.717) is 26.1 Å². The first kappa shape index (κ1) is 18.6. The van der Waals surface area contributed by atoms with Crippen LogP contribution in [-0.4, -0.2) is 44.4 Å². The highest BCUT2D eigenvalue weighted by Crippen LogP contribution is 2.32. The fourth-order valence-electron chi connectivity index (χ4n) is 2.33. The average Bonchev–Trinajstić information content (AvgIpc) is 2.96. The molecule has 1 fully saturated rings. The molecule has 0 saturated carbocycles. The van der Waals surface area contributed by atoms with Crippen molar-refractivity contribution in [1.82, 2.24) is 4.31 Å². The van der Waals surface area contributed by atoms with Crippen molar-refractivity contribution in [2.75, 3.05) is 26.7 Å². The van der Waals surface area contributed by atoms with Gasteiger partial charge in [0, 0.05) is 25.2 Å². The minimum Gasteiger partial charge on any atom is -0.495 e. The Morgan fingerprint density at radius 2 is 2.18 bits per heavy atom. The molecule has 1 heterocycles. The van der Waals surface area contributed by atoms with Crippen LogP contribution >= 0.6 is 12.4 Å². The maximum Gasteiger partial charge on any atom is 0.271 e. The molecule has 1 unspecified atom stereocenters. The molecule has 1 aromatic rings. The van der Waals surface area contributed by atoms with Crippen LogP contribution < -0.4 is 10.5 Å². The van der Waals surface area contributed by atoms with Crippen LogP contribution in [0.3, 0.4) is 0 Å². The molecule has 2 N–H and O–H groups in total. The number of nitro benzene ring substituents is 1. The van der Waals surface area contributed by atoms with Gasteiger partial charge in [0.1, 0.15) is 10.6 Å². The summed E-state index contributed by atoms with van der Waals surface area (Å²) in [6.07, 6.45) is 0.687. The number of non-ortho nitro benzene ring substituents is 1. The van der Waals surface area contributed by atoms with Crippen molar-refractivity contribution < 1.29 is 18.1 Å². The van der Waals surface area contributed by atoms with Crippen molar-refractivity contribution in [2.45, 2.75) is 11.3 Å². The molecule has 1 aliphatic rings. The fraction of sp³-hybridized carbons (Fsp3) is 0.500. The first-order valence-corrected chi connectivity index (χ1v) is 7.86. The van der Waals surface area contributed by atoms with Crippen molar-refractivity contribution in [3.63, 3.8) is 0 Å². The summed E-state index contributed by atoms with van der Waals surface area (Å²) in [6, 6.07) is 3.54. The van der Waals surface area contributed by atoms with Crippen molar-refractivity contribution in [3.05, 3.63) is 28.3 Å². The highest BCUT2D eigenvalue weighted by molar-refractivity contribution is 7.89. The van der Waals surface area contributed by atoms with E-state index in [1.165, 1.54) is 23.5 Å². The van der Waals surface area contributed by atoms with Crippen LogP contribution in [0.2, 0.25) is 0 Å². The third kappa shape index (κ3) is 3.49. The van der Waals surface area contributed by atoms with E-state index >= 15 is 0 Å². The van der Waals surface area contributed by atoms with E-state index in [0.717, 1.165) is 6.07 Å². The molecule has 0 spiro atoms. The van der Waals surface area contributed by atoms with Crippen molar-refractivity contribution in [2.24, 2.45) is 11.7 Å². The minimum absolute atomic E-state index is 0. The monoisotopic (exact) mass is 351 g/mol. The number of halogens is 1. The molecule has 0 aromatic heterocycles. The van der Waals surface area contributed by atoms with Gasteiger partial charge >= 0.3 is 0 Å². The summed E-state index contributed by atoms with van der Waals surface area (Å²) in [5, 5.41) is 10.8. The van der Waals surface area contributed by atoms with Gasteiger partial charge in [-0.2, -0.15) is 4.31 Å². The lowest BCUT2D eigenvalue weighted by atomic mass is 10.1. The summed E-state index contributed by atoms with van der Waals surface area (Å²) in [4.78, 5) is 10.0. The van der Waals surface area contributed by atoms with Gasteiger partial charge < -0.3 is 10.5 Å². The maximum absolute atomic E-state index is 12.6. The minimum atomic E-state index is -3.83. The Morgan fingerprint density at radius 3 is 2.68 bits per heavy atom. The highest BCUT2D eigenvalue weighted by Gasteiger charge is 2.34. The van der Waals surface area contributed by atoms with Crippen LogP contribution in [0.25, 0.3) is 0 Å². The van der Waals surface area contributed by atoms with Crippen molar-refractivity contribution in [3.8, 4) is 5.75 Å². The largest absolute Gasteiger partial charge is 0.495 e.